The highest BCUT2D eigenvalue weighted by molar-refractivity contribution is 6.30. The number of ether oxygens (including phenoxy) is 1. The smallest absolute Gasteiger partial charge is 0.256 e. The lowest BCUT2D eigenvalue weighted by Gasteiger charge is -2.47. The highest BCUT2D eigenvalue weighted by Crippen LogP contribution is 2.36. The molecule has 0 radical (unpaired) electrons. The number of piperazine rings is 1. The van der Waals surface area contributed by atoms with E-state index in [2.05, 4.69) is 4.98 Å². The van der Waals surface area contributed by atoms with Crippen LogP contribution in [0.3, 0.4) is 0 Å². The van der Waals surface area contributed by atoms with E-state index in [-0.39, 0.29) is 37.4 Å². The first-order valence-electron chi connectivity index (χ1n) is 9.96. The van der Waals surface area contributed by atoms with Crippen LogP contribution in [-0.4, -0.2) is 64.8 Å². The lowest BCUT2D eigenvalue weighted by Crippen LogP contribution is -2.69. The van der Waals surface area contributed by atoms with Gasteiger partial charge in [-0.3, -0.25) is 19.3 Å². The Morgan fingerprint density at radius 1 is 1.19 bits per heavy atom. The van der Waals surface area contributed by atoms with Gasteiger partial charge in [-0.25, -0.2) is 4.98 Å². The van der Waals surface area contributed by atoms with Gasteiger partial charge in [-0.1, -0.05) is 23.7 Å². The topological polar surface area (TPSA) is 83.0 Å². The summed E-state index contributed by atoms with van der Waals surface area (Å²) in [4.78, 5) is 48.1. The number of carbonyl (C=O) groups excluding carboxylic acids is 3. The first kappa shape index (κ1) is 21.1. The van der Waals surface area contributed by atoms with Gasteiger partial charge in [-0.2, -0.15) is 0 Å². The molecule has 0 aliphatic carbocycles. The molecule has 1 aromatic carbocycles. The SMILES string of the molecule is COc1ccc(N2CC(=O)N(Cc3ccc(Cl)cc3)[C@]3(CCN(C(C)=O)C3)C2=O)nc1. The number of likely N-dealkylation sites (tertiary alicyclic amines) is 1. The van der Waals surface area contributed by atoms with Crippen LogP contribution in [0, 0.1) is 0 Å². The van der Waals surface area contributed by atoms with Crippen LogP contribution in [-0.2, 0) is 20.9 Å². The summed E-state index contributed by atoms with van der Waals surface area (Å²) in [5.41, 5.74) is -0.273. The number of benzene rings is 1. The molecule has 1 spiro atoms. The third kappa shape index (κ3) is 3.83. The summed E-state index contributed by atoms with van der Waals surface area (Å²) in [5.74, 6) is 0.386. The monoisotopic (exact) mass is 442 g/mol. The molecule has 2 aliphatic heterocycles. The lowest BCUT2D eigenvalue weighted by molar-refractivity contribution is -0.151. The Kier molecular flexibility index (Phi) is 5.58. The van der Waals surface area contributed by atoms with Gasteiger partial charge >= 0.3 is 0 Å². The molecule has 2 aromatic rings. The van der Waals surface area contributed by atoms with Crippen LogP contribution in [0.25, 0.3) is 0 Å². The quantitative estimate of drug-likeness (QED) is 0.724. The van der Waals surface area contributed by atoms with Crippen molar-refractivity contribution < 1.29 is 19.1 Å². The molecule has 3 heterocycles. The summed E-state index contributed by atoms with van der Waals surface area (Å²) < 4.78 is 5.14. The minimum Gasteiger partial charge on any atom is -0.495 e. The predicted molar refractivity (Wildman–Crippen MR) is 115 cm³/mol. The number of halogens is 1. The molecule has 4 rings (SSSR count). The number of hydrogen-bond donors (Lipinski definition) is 0. The highest BCUT2D eigenvalue weighted by atomic mass is 35.5. The zero-order valence-corrected chi connectivity index (χ0v) is 18.1. The number of amides is 3. The van der Waals surface area contributed by atoms with Gasteiger partial charge < -0.3 is 14.5 Å². The van der Waals surface area contributed by atoms with Crippen molar-refractivity contribution in [1.29, 1.82) is 0 Å². The molecule has 0 bridgehead atoms. The first-order chi connectivity index (χ1) is 14.8. The van der Waals surface area contributed by atoms with E-state index in [4.69, 9.17) is 16.3 Å². The minimum absolute atomic E-state index is 0.117. The van der Waals surface area contributed by atoms with Crippen LogP contribution >= 0.6 is 11.6 Å². The molecule has 9 heteroatoms. The van der Waals surface area contributed by atoms with E-state index >= 15 is 0 Å². The van der Waals surface area contributed by atoms with E-state index in [9.17, 15) is 14.4 Å². The largest absolute Gasteiger partial charge is 0.495 e. The van der Waals surface area contributed by atoms with Crippen LogP contribution in [0.4, 0.5) is 5.82 Å². The summed E-state index contributed by atoms with van der Waals surface area (Å²) in [6, 6.07) is 10.5. The molecule has 0 saturated carbocycles. The van der Waals surface area contributed by atoms with E-state index < -0.39 is 5.54 Å². The lowest BCUT2D eigenvalue weighted by atomic mass is 9.90. The number of anilines is 1. The zero-order chi connectivity index (χ0) is 22.2. The molecule has 0 N–H and O–H groups in total. The highest BCUT2D eigenvalue weighted by Gasteiger charge is 2.56. The molecule has 31 heavy (non-hydrogen) atoms. The number of nitrogens with zero attached hydrogens (tertiary/aromatic N) is 4. The van der Waals surface area contributed by atoms with Crippen LogP contribution in [0.15, 0.2) is 42.6 Å². The number of rotatable bonds is 4. The molecule has 1 aromatic heterocycles. The van der Waals surface area contributed by atoms with Crippen molar-refractivity contribution >= 4 is 35.1 Å². The number of methoxy groups -OCH3 is 1. The Morgan fingerprint density at radius 2 is 1.94 bits per heavy atom. The molecule has 3 amide bonds. The number of pyridine rings is 1. The van der Waals surface area contributed by atoms with Gasteiger partial charge in [0.05, 0.1) is 19.9 Å². The maximum absolute atomic E-state index is 13.8. The van der Waals surface area contributed by atoms with E-state index in [1.165, 1.54) is 25.1 Å². The van der Waals surface area contributed by atoms with Gasteiger partial charge in [0.15, 0.2) is 0 Å². The minimum atomic E-state index is -1.14. The summed E-state index contributed by atoms with van der Waals surface area (Å²) >= 11 is 5.99. The van der Waals surface area contributed by atoms with Crippen molar-refractivity contribution in [1.82, 2.24) is 14.8 Å². The van der Waals surface area contributed by atoms with Gasteiger partial charge in [-0.15, -0.1) is 0 Å². The molecule has 2 fully saturated rings. The summed E-state index contributed by atoms with van der Waals surface area (Å²) in [7, 11) is 1.53. The van der Waals surface area contributed by atoms with E-state index in [1.807, 2.05) is 12.1 Å². The number of hydrogen-bond acceptors (Lipinski definition) is 5. The van der Waals surface area contributed by atoms with Crippen LogP contribution < -0.4 is 9.64 Å². The molecule has 162 valence electrons. The van der Waals surface area contributed by atoms with E-state index in [1.54, 1.807) is 34.1 Å². The van der Waals surface area contributed by atoms with Crippen molar-refractivity contribution in [2.45, 2.75) is 25.4 Å². The summed E-state index contributed by atoms with van der Waals surface area (Å²) in [5, 5.41) is 0.597. The van der Waals surface area contributed by atoms with Crippen LogP contribution in [0.1, 0.15) is 18.9 Å². The average Bonchev–Trinajstić information content (AvgIpc) is 3.22. The van der Waals surface area contributed by atoms with Crippen molar-refractivity contribution in [2.75, 3.05) is 31.6 Å². The predicted octanol–water partition coefficient (Wildman–Crippen LogP) is 2.11. The Balaban J connectivity index is 1.70. The summed E-state index contributed by atoms with van der Waals surface area (Å²) in [6.07, 6.45) is 1.88. The molecular weight excluding hydrogens is 420 g/mol. The van der Waals surface area contributed by atoms with Gasteiger partial charge in [0.1, 0.15) is 23.7 Å². The second kappa shape index (κ2) is 8.19. The Morgan fingerprint density at radius 3 is 2.52 bits per heavy atom. The number of carbonyl (C=O) groups is 3. The molecule has 8 nitrogen and oxygen atoms in total. The Hall–Kier alpha value is -3.13. The van der Waals surface area contributed by atoms with Crippen LogP contribution in [0.5, 0.6) is 5.75 Å². The standard InChI is InChI=1S/C22H23ClN4O4/c1-15(28)25-10-9-22(14-25)21(30)26(19-8-7-18(31-2)11-24-19)13-20(29)27(22)12-16-3-5-17(23)6-4-16/h3-8,11H,9-10,12-14H2,1-2H3/t22-/m0/s1. The summed E-state index contributed by atoms with van der Waals surface area (Å²) in [6.45, 7) is 2.19. The maximum atomic E-state index is 13.8. The second-order valence-electron chi connectivity index (χ2n) is 7.78. The van der Waals surface area contributed by atoms with Crippen molar-refractivity contribution in [3.05, 3.63) is 53.2 Å². The molecule has 0 unspecified atom stereocenters. The molecular formula is C22H23ClN4O4. The van der Waals surface area contributed by atoms with Gasteiger partial charge in [0.2, 0.25) is 11.8 Å². The third-order valence-corrected chi connectivity index (χ3v) is 6.19. The first-order valence-corrected chi connectivity index (χ1v) is 10.3. The van der Waals surface area contributed by atoms with Crippen molar-refractivity contribution in [2.24, 2.45) is 0 Å². The second-order valence-corrected chi connectivity index (χ2v) is 8.21. The maximum Gasteiger partial charge on any atom is 0.256 e. The van der Waals surface area contributed by atoms with Gasteiger partial charge in [-0.05, 0) is 36.2 Å². The Labute approximate surface area is 185 Å². The third-order valence-electron chi connectivity index (χ3n) is 5.93. The van der Waals surface area contributed by atoms with Crippen molar-refractivity contribution in [3.63, 3.8) is 0 Å². The fraction of sp³-hybridized carbons (Fsp3) is 0.364. The van der Waals surface area contributed by atoms with Crippen molar-refractivity contribution in [3.8, 4) is 5.75 Å². The van der Waals surface area contributed by atoms with Gasteiger partial charge in [0.25, 0.3) is 5.91 Å². The normalized spacial score (nSPS) is 21.2. The average molecular weight is 443 g/mol. The Bertz CT molecular complexity index is 1010. The molecule has 2 aliphatic rings. The van der Waals surface area contributed by atoms with Gasteiger partial charge in [0, 0.05) is 25.0 Å². The fourth-order valence-corrected chi connectivity index (χ4v) is 4.33. The molecule has 2 saturated heterocycles. The van der Waals surface area contributed by atoms with E-state index in [0.29, 0.717) is 29.6 Å². The van der Waals surface area contributed by atoms with E-state index in [0.717, 1.165) is 5.56 Å². The number of aromatic nitrogens is 1. The zero-order valence-electron chi connectivity index (χ0n) is 17.4. The fourth-order valence-electron chi connectivity index (χ4n) is 4.21. The van der Waals surface area contributed by atoms with Crippen LogP contribution in [0.2, 0.25) is 5.02 Å². The molecule has 1 atom stereocenters.